The predicted molar refractivity (Wildman–Crippen MR) is 127 cm³/mol. The van der Waals surface area contributed by atoms with Gasteiger partial charge in [0.05, 0.1) is 23.7 Å². The molecule has 7 atom stereocenters. The fourth-order valence-corrected chi connectivity index (χ4v) is 8.55. The molecule has 3 unspecified atom stereocenters. The fraction of sp³-hybridized carbons (Fsp3) is 0.571. The summed E-state index contributed by atoms with van der Waals surface area (Å²) < 4.78 is 28.7. The molecule has 6 rings (SSSR count). The van der Waals surface area contributed by atoms with Crippen LogP contribution in [0.25, 0.3) is 11.8 Å². The number of rotatable bonds is 3. The standard InChI is InChI=1S/C28H32F2N2O3/c1-26-12-16-15-31-32(19-6-4-18(30)5-7-19)22(16)11-17(26)3-8-20-21-9-10-28(35,24(34)14-29)27(21,2)13-23(33)25(20)26/h4-7,11,15,20-21,23,25,33,35H,3,8-10,12-14H2,1-2H3/t20?,21?,23-,25?,26-,27-,28-/m0/s1. The predicted octanol–water partition coefficient (Wildman–Crippen LogP) is 4.43. The molecule has 7 heteroatoms. The molecular weight excluding hydrogens is 450 g/mol. The maximum Gasteiger partial charge on any atom is 0.195 e. The first-order chi connectivity index (χ1) is 16.6. The third-order valence-corrected chi connectivity index (χ3v) is 10.2. The second-order valence-corrected chi connectivity index (χ2v) is 11.7. The Balaban J connectivity index is 1.37. The zero-order chi connectivity index (χ0) is 24.8. The smallest absolute Gasteiger partial charge is 0.195 e. The normalized spacial score (nSPS) is 39.8. The number of Topliss-reactive ketones (excluding diaryl/α,β-unsaturated/α-hetero) is 1. The summed E-state index contributed by atoms with van der Waals surface area (Å²) in [7, 11) is 0. The number of aromatic nitrogens is 2. The quantitative estimate of drug-likeness (QED) is 0.679. The monoisotopic (exact) mass is 482 g/mol. The van der Waals surface area contributed by atoms with Crippen molar-refractivity contribution < 1.29 is 23.8 Å². The zero-order valence-corrected chi connectivity index (χ0v) is 20.2. The van der Waals surface area contributed by atoms with Crippen molar-refractivity contribution in [3.05, 3.63) is 53.1 Å². The lowest BCUT2D eigenvalue weighted by molar-refractivity contribution is -0.179. The Morgan fingerprint density at radius 2 is 1.97 bits per heavy atom. The number of hydrogen-bond donors (Lipinski definition) is 2. The van der Waals surface area contributed by atoms with Crippen molar-refractivity contribution in [3.63, 3.8) is 0 Å². The van der Waals surface area contributed by atoms with Crippen molar-refractivity contribution in [2.75, 3.05) is 6.67 Å². The minimum Gasteiger partial charge on any atom is -0.393 e. The van der Waals surface area contributed by atoms with Gasteiger partial charge in [0.2, 0.25) is 0 Å². The van der Waals surface area contributed by atoms with E-state index in [4.69, 9.17) is 0 Å². The van der Waals surface area contributed by atoms with E-state index in [1.54, 1.807) is 12.1 Å². The molecule has 0 saturated heterocycles. The SMILES string of the molecule is C[C@]12Cc3cnn(-c4ccc(F)cc4)c3C=C1CCC1C2[C@@H](O)C[C@@]2(C)C1CC[C@]2(O)C(=O)CF. The van der Waals surface area contributed by atoms with Crippen LogP contribution in [-0.4, -0.2) is 44.2 Å². The number of carbonyl (C=O) groups is 1. The molecule has 2 aromatic rings. The Kier molecular flexibility index (Phi) is 4.98. The highest BCUT2D eigenvalue weighted by Crippen LogP contribution is 2.67. The third-order valence-electron chi connectivity index (χ3n) is 10.2. The van der Waals surface area contributed by atoms with Gasteiger partial charge in [-0.2, -0.15) is 5.10 Å². The molecule has 0 amide bonds. The summed E-state index contributed by atoms with van der Waals surface area (Å²) in [6, 6.07) is 6.30. The highest BCUT2D eigenvalue weighted by Gasteiger charge is 2.68. The largest absolute Gasteiger partial charge is 0.393 e. The number of carbonyl (C=O) groups excluding carboxylic acids is 1. The van der Waals surface area contributed by atoms with E-state index in [1.165, 1.54) is 17.7 Å². The van der Waals surface area contributed by atoms with Crippen LogP contribution in [0.1, 0.15) is 57.2 Å². The minimum absolute atomic E-state index is 0.00859. The van der Waals surface area contributed by atoms with Crippen molar-refractivity contribution >= 4 is 11.9 Å². The zero-order valence-electron chi connectivity index (χ0n) is 20.2. The van der Waals surface area contributed by atoms with Gasteiger partial charge in [0, 0.05) is 5.41 Å². The van der Waals surface area contributed by atoms with Gasteiger partial charge < -0.3 is 10.2 Å². The molecule has 0 spiro atoms. The average Bonchev–Trinajstić information content (AvgIpc) is 3.35. The van der Waals surface area contributed by atoms with Crippen molar-refractivity contribution in [2.45, 2.75) is 64.1 Å². The van der Waals surface area contributed by atoms with Crippen LogP contribution in [0.2, 0.25) is 0 Å². The summed E-state index contributed by atoms with van der Waals surface area (Å²) >= 11 is 0. The van der Waals surface area contributed by atoms with E-state index in [0.29, 0.717) is 12.8 Å². The number of halogens is 2. The molecule has 4 aliphatic rings. The lowest BCUT2D eigenvalue weighted by Gasteiger charge is -2.60. The molecule has 0 aliphatic heterocycles. The van der Waals surface area contributed by atoms with E-state index in [9.17, 15) is 23.8 Å². The second kappa shape index (κ2) is 7.56. The Hall–Kier alpha value is -2.38. The first-order valence-electron chi connectivity index (χ1n) is 12.7. The van der Waals surface area contributed by atoms with Crippen LogP contribution < -0.4 is 0 Å². The van der Waals surface area contributed by atoms with E-state index in [2.05, 4.69) is 18.1 Å². The molecule has 3 fully saturated rings. The van der Waals surface area contributed by atoms with E-state index >= 15 is 0 Å². The van der Waals surface area contributed by atoms with Crippen molar-refractivity contribution in [2.24, 2.45) is 28.6 Å². The number of benzene rings is 1. The molecule has 4 aliphatic carbocycles. The second-order valence-electron chi connectivity index (χ2n) is 11.7. The lowest BCUT2D eigenvalue weighted by Crippen LogP contribution is -2.62. The molecule has 0 bridgehead atoms. The Labute approximate surface area is 203 Å². The van der Waals surface area contributed by atoms with Crippen LogP contribution in [0.15, 0.2) is 36.0 Å². The molecule has 0 radical (unpaired) electrons. The molecular formula is C28H32F2N2O3. The van der Waals surface area contributed by atoms with Gasteiger partial charge in [0.1, 0.15) is 11.4 Å². The molecule has 1 heterocycles. The molecule has 1 aromatic heterocycles. The number of fused-ring (bicyclic) bond motifs is 6. The first-order valence-corrected chi connectivity index (χ1v) is 12.7. The molecule has 2 N–H and O–H groups in total. The topological polar surface area (TPSA) is 75.3 Å². The summed E-state index contributed by atoms with van der Waals surface area (Å²) in [5.74, 6) is -0.819. The van der Waals surface area contributed by atoms with Crippen LogP contribution >= 0.6 is 0 Å². The van der Waals surface area contributed by atoms with E-state index in [1.807, 2.05) is 17.8 Å². The summed E-state index contributed by atoms with van der Waals surface area (Å²) in [4.78, 5) is 12.5. The number of alkyl halides is 1. The van der Waals surface area contributed by atoms with E-state index in [-0.39, 0.29) is 35.4 Å². The van der Waals surface area contributed by atoms with Crippen LogP contribution in [-0.2, 0) is 11.2 Å². The van der Waals surface area contributed by atoms with Crippen LogP contribution in [0.5, 0.6) is 0 Å². The van der Waals surface area contributed by atoms with Crippen molar-refractivity contribution in [1.29, 1.82) is 0 Å². The van der Waals surface area contributed by atoms with E-state index < -0.39 is 29.6 Å². The summed E-state index contributed by atoms with van der Waals surface area (Å²) in [5.41, 5.74) is 1.40. The number of hydrogen-bond acceptors (Lipinski definition) is 4. The van der Waals surface area contributed by atoms with Gasteiger partial charge in [-0.25, -0.2) is 13.5 Å². The van der Waals surface area contributed by atoms with Gasteiger partial charge >= 0.3 is 0 Å². The van der Waals surface area contributed by atoms with Gasteiger partial charge in [-0.1, -0.05) is 19.4 Å². The van der Waals surface area contributed by atoms with Gasteiger partial charge in [-0.05, 0) is 97.6 Å². The molecule has 3 saturated carbocycles. The number of allylic oxidation sites excluding steroid dienone is 1. The molecule has 1 aromatic carbocycles. The van der Waals surface area contributed by atoms with Gasteiger partial charge in [-0.3, -0.25) is 4.79 Å². The van der Waals surface area contributed by atoms with Crippen LogP contribution in [0.3, 0.4) is 0 Å². The van der Waals surface area contributed by atoms with Crippen molar-refractivity contribution in [3.8, 4) is 5.69 Å². The molecule has 35 heavy (non-hydrogen) atoms. The maximum absolute atomic E-state index is 13.4. The van der Waals surface area contributed by atoms with E-state index in [0.717, 1.165) is 36.2 Å². The lowest BCUT2D eigenvalue weighted by atomic mass is 9.45. The highest BCUT2D eigenvalue weighted by atomic mass is 19.1. The molecule has 186 valence electrons. The highest BCUT2D eigenvalue weighted by molar-refractivity contribution is 5.89. The first kappa shape index (κ1) is 23.0. The van der Waals surface area contributed by atoms with Crippen molar-refractivity contribution in [1.82, 2.24) is 9.78 Å². The average molecular weight is 483 g/mol. The summed E-state index contributed by atoms with van der Waals surface area (Å²) in [6.07, 6.45) is 7.08. The fourth-order valence-electron chi connectivity index (χ4n) is 8.55. The van der Waals surface area contributed by atoms with Crippen LogP contribution in [0, 0.1) is 34.4 Å². The summed E-state index contributed by atoms with van der Waals surface area (Å²) in [5, 5.41) is 27.5. The summed E-state index contributed by atoms with van der Waals surface area (Å²) in [6.45, 7) is 2.94. The molecule has 5 nitrogen and oxygen atoms in total. The maximum atomic E-state index is 13.4. The Morgan fingerprint density at radius 3 is 2.69 bits per heavy atom. The number of ketones is 1. The van der Waals surface area contributed by atoms with Gasteiger partial charge in [0.25, 0.3) is 0 Å². The Morgan fingerprint density at radius 1 is 1.23 bits per heavy atom. The van der Waals surface area contributed by atoms with Gasteiger partial charge in [-0.15, -0.1) is 0 Å². The Bertz CT molecular complexity index is 1220. The minimum atomic E-state index is -1.70. The number of aliphatic hydroxyl groups is 2. The van der Waals surface area contributed by atoms with Crippen LogP contribution in [0.4, 0.5) is 8.78 Å². The number of nitrogens with zero attached hydrogens (tertiary/aromatic N) is 2. The third kappa shape index (κ3) is 2.97. The van der Waals surface area contributed by atoms with Gasteiger partial charge in [0.15, 0.2) is 12.5 Å². The number of aliphatic hydroxyl groups excluding tert-OH is 1.